The van der Waals surface area contributed by atoms with E-state index in [0.29, 0.717) is 51.8 Å². The molecular weight excluding hydrogens is 2110 g/mol. The maximum absolute atomic E-state index is 12.5. The lowest BCUT2D eigenvalue weighted by Crippen LogP contribution is -2.47. The van der Waals surface area contributed by atoms with Crippen LogP contribution in [0, 0.1) is 41.9 Å². The van der Waals surface area contributed by atoms with E-state index in [9.17, 15) is 96.9 Å². The lowest BCUT2D eigenvalue weighted by atomic mass is 10.00. The number of aromatic nitrogens is 8. The predicted octanol–water partition coefficient (Wildman–Crippen LogP) is 2.25. The molecule has 11 N–H and O–H groups in total. The van der Waals surface area contributed by atoms with Gasteiger partial charge in [0.25, 0.3) is 30.8 Å². The van der Waals surface area contributed by atoms with Gasteiger partial charge in [0, 0.05) is 122 Å². The van der Waals surface area contributed by atoms with Crippen LogP contribution < -0.4 is 59.2 Å². The van der Waals surface area contributed by atoms with E-state index in [1.165, 1.54) is 53.1 Å². The van der Waals surface area contributed by atoms with Crippen LogP contribution in [-0.2, 0) is 101 Å². The van der Waals surface area contributed by atoms with Gasteiger partial charge in [0.15, 0.2) is 24.9 Å². The van der Waals surface area contributed by atoms with E-state index in [1.807, 2.05) is 61.0 Å². The van der Waals surface area contributed by atoms with Gasteiger partial charge in [0.05, 0.1) is 76.4 Å². The standard InChI is InChI=1S/C20H34N5O8PS.C16H25N3O9S.C16H33N2OP.C11H17N3O7S.C10H14N2O6.C6H13NO4S.CH3I.CH3.ClH/c1-13(2)25(14(3)4)34(31-11-7-9-21)33-17-15(12-22-35(6,28)29)32-19(18(17)30-5)24-10-8-16(26)23-20(24)27;1-16(2,3)28-15(23)19(29(5,24)25)8-9-11(21)12(26-4)13(27-9)18-7-6-10(20)17-14(18)22;1-12(2)16(13(3)4)20(19-11-9-10-17)18(14(5)6)15(7)8;1-20-9-8(16)6(5-12-22(2,18)19)21-10(9)14-4-3-7(15)13-11(14)17;1-17-8-7(15)5(4-13)18-9(8)12-3-2-6(14)11-10(12)16;1-6(2,3)11-5(8)7-12(4,9)10;1-2;;/h8,10,13-15,17-19,22H,7,11-12H2,1-6H3,(H,23,26,27);6-7,9,11-13,21H,8H2,1-5H3,(H,17,20,22);12-16H,9,11H2,1-8H3;3-4,6,8-10,12,16H,5H2,1-2H3,(H,13,15,17);2-3,5,7-9,13,15H,4H2,1H3,(H,11,14,16);1-4H3,(H,7,8);1H3;1H3;1H/q;;;;;;;-1;/t15-,17-,18-,19-,34?;9-,11-,12-,13-;;6-,8-,9-,10-;5-,7-,8-,9-;;;;/m11.11..../s1/i;;;;;;1D;;. The number of nitrogens with one attached hydrogen (secondary N) is 7. The maximum atomic E-state index is 12.5. The van der Waals surface area contributed by atoms with Crippen molar-refractivity contribution in [2.75, 3.05) is 97.8 Å². The van der Waals surface area contributed by atoms with Gasteiger partial charge in [-0.2, -0.15) is 10.5 Å². The minimum absolute atomic E-state index is 0. The molecule has 140 heavy (non-hydrogen) atoms. The molecule has 0 aliphatic carbocycles. The maximum Gasteiger partial charge on any atom is 0.424 e. The highest BCUT2D eigenvalue weighted by molar-refractivity contribution is 14.1. The summed E-state index contributed by atoms with van der Waals surface area (Å²) in [5, 5.41) is 57.3. The van der Waals surface area contributed by atoms with E-state index >= 15 is 0 Å². The first kappa shape index (κ1) is 131. The van der Waals surface area contributed by atoms with Crippen LogP contribution in [0.15, 0.2) is 87.4 Å². The summed E-state index contributed by atoms with van der Waals surface area (Å²) in [5.41, 5.74) is -6.28. The number of aliphatic hydroxyl groups is 4. The van der Waals surface area contributed by atoms with E-state index < -0.39 is 237 Å². The number of aromatic amines is 4. The Morgan fingerprint density at radius 1 is 0.514 bits per heavy atom. The van der Waals surface area contributed by atoms with Crippen molar-refractivity contribution in [1.82, 2.24) is 66.0 Å². The fourth-order valence-electron chi connectivity index (χ4n) is 14.0. The topological polar surface area (TPSA) is 684 Å². The SMILES string of the molecule is CC(C)(C)OC(=O)NS(C)(=O)=O.CC(C)C(C(C)C)P(OCCC#N)N(C(C)C)C(C)C.CO[C@@H]1[C@H](O)[C@@H](CN(C(=O)OC(C)(C)C)S(C)(=O)=O)O[C@H]1n1ccc(=O)[nH]c1=O.CO[C@@H]1[C@H](O)[C@@H](CNS(C)(=O)=O)O[C@H]1n1ccc(=O)[nH]c1=O.CO[C@@H]1[C@H](O)[C@@H](CO)O[C@H]1n1ccc(=O)[nH]c1=O.CO[C@@H]1[C@H](OP(OCCC#N)N(C(C)C)C(C)C)[C@@H](CNS(C)(=O)=O)O[C@H]1n1ccc(=O)[nH]c1=O.Cl.[2H]CI.[CH3-]. The van der Waals surface area contributed by atoms with E-state index in [0.717, 1.165) is 67.7 Å². The van der Waals surface area contributed by atoms with Crippen molar-refractivity contribution in [3.05, 3.63) is 140 Å². The van der Waals surface area contributed by atoms with Gasteiger partial charge in [0.1, 0.15) is 92.7 Å². The van der Waals surface area contributed by atoms with Gasteiger partial charge in [-0.3, -0.25) is 62.1 Å². The van der Waals surface area contributed by atoms with Crippen molar-refractivity contribution in [2.45, 2.75) is 277 Å². The lowest BCUT2D eigenvalue weighted by Gasteiger charge is -2.43. The second-order valence-electron chi connectivity index (χ2n) is 34.9. The van der Waals surface area contributed by atoms with Gasteiger partial charge >= 0.3 is 34.9 Å². The number of halogens is 2. The summed E-state index contributed by atoms with van der Waals surface area (Å²) in [4.78, 5) is 125. The average Bonchev–Trinajstić information content (AvgIpc) is 1.63. The van der Waals surface area contributed by atoms with E-state index in [4.69, 9.17) is 73.2 Å². The molecule has 0 bridgehead atoms. The summed E-state index contributed by atoms with van der Waals surface area (Å²) in [6.45, 7) is 35.1. The van der Waals surface area contributed by atoms with Gasteiger partial charge < -0.3 is 88.8 Å². The fraction of sp³-hybridized carbons (Fsp3) is 0.741. The molecule has 0 saturated carbocycles. The normalized spacial score (nSPS) is 22.9. The van der Waals surface area contributed by atoms with Crippen molar-refractivity contribution in [3.63, 3.8) is 0 Å². The number of carbonyl (C=O) groups excluding carboxylic acids is 2. The van der Waals surface area contributed by atoms with Crippen LogP contribution in [0.1, 0.15) is 164 Å². The van der Waals surface area contributed by atoms with Crippen molar-refractivity contribution >= 4 is 104 Å². The summed E-state index contributed by atoms with van der Waals surface area (Å²) in [5.74, 6) is 1.17. The van der Waals surface area contributed by atoms with Crippen molar-refractivity contribution in [1.29, 1.82) is 10.5 Å². The van der Waals surface area contributed by atoms with Gasteiger partial charge in [-0.15, -0.1) is 12.4 Å². The summed E-state index contributed by atoms with van der Waals surface area (Å²) in [6.07, 6.45) is -8.74. The van der Waals surface area contributed by atoms with E-state index in [2.05, 4.69) is 100 Å². The average molecular weight is 2250 g/mol. The van der Waals surface area contributed by atoms with Crippen molar-refractivity contribution in [3.8, 4) is 12.1 Å². The highest BCUT2D eigenvalue weighted by atomic mass is 127. The largest absolute Gasteiger partial charge is 0.443 e. The number of sulfonamides is 4. The molecule has 4 aliphatic heterocycles. The predicted molar refractivity (Wildman–Crippen MR) is 529 cm³/mol. The van der Waals surface area contributed by atoms with Crippen LogP contribution in [-0.4, -0.2) is 330 Å². The quantitative estimate of drug-likeness (QED) is 0.0102. The molecule has 4 aliphatic rings. The van der Waals surface area contributed by atoms with Crippen LogP contribution in [0.5, 0.6) is 0 Å². The molecule has 4 aromatic rings. The third kappa shape index (κ3) is 43.4. The molecule has 4 fully saturated rings. The molecule has 4 aromatic heterocycles. The van der Waals surface area contributed by atoms with Crippen LogP contribution in [0.2, 0.25) is 0 Å². The highest BCUT2D eigenvalue weighted by Crippen LogP contribution is 2.55. The third-order valence-corrected chi connectivity index (χ3v) is 28.0. The molecule has 59 heteroatoms. The minimum Gasteiger partial charge on any atom is -0.443 e. The molecule has 51 nitrogen and oxygen atoms in total. The number of alkyl halides is 1. The number of ether oxygens (including phenoxy) is 10. The van der Waals surface area contributed by atoms with Crippen LogP contribution in [0.4, 0.5) is 9.59 Å². The molecule has 0 radical (unpaired) electrons. The summed E-state index contributed by atoms with van der Waals surface area (Å²) >= 11 is 1.96. The number of methoxy groups -OCH3 is 4. The number of nitriles is 2. The number of aliphatic hydroxyl groups excluding tert-OH is 4. The Balaban J connectivity index is 0.00000170. The zero-order valence-corrected chi connectivity index (χ0v) is 91.6. The minimum atomic E-state index is -4.06. The molecule has 8 rings (SSSR count). The first-order valence-electron chi connectivity index (χ1n) is 43.5. The number of carbonyl (C=O) groups is 2. The second-order valence-corrected chi connectivity index (χ2v) is 45.5. The molecule has 2 amide bonds. The molecule has 2 unspecified atom stereocenters. The third-order valence-electron chi connectivity index (χ3n) is 19.3. The highest BCUT2D eigenvalue weighted by Gasteiger charge is 2.52. The summed E-state index contributed by atoms with van der Waals surface area (Å²) in [7, 11) is -11.6. The van der Waals surface area contributed by atoms with Crippen LogP contribution in [0.3, 0.4) is 0 Å². The van der Waals surface area contributed by atoms with Crippen molar-refractivity contribution in [2.24, 2.45) is 11.8 Å². The second kappa shape index (κ2) is 60.9. The first-order valence-corrected chi connectivity index (χ1v) is 54.3. The Hall–Kier alpha value is -6.84. The van der Waals surface area contributed by atoms with Crippen LogP contribution >= 0.6 is 51.8 Å². The van der Waals surface area contributed by atoms with E-state index in [-0.39, 0.29) is 58.0 Å². The fourth-order valence-corrected chi connectivity index (χ4v) is 20.6. The Bertz CT molecular complexity index is 5540. The number of rotatable bonds is 36. The lowest BCUT2D eigenvalue weighted by molar-refractivity contribution is -0.0625. The Labute approximate surface area is 839 Å². The zero-order valence-electron chi connectivity index (χ0n) is 84.5. The molecule has 806 valence electrons. The van der Waals surface area contributed by atoms with Gasteiger partial charge in [-0.05, 0) is 114 Å². The van der Waals surface area contributed by atoms with Gasteiger partial charge in [-0.25, -0.2) is 85.6 Å². The number of hydrogen-bond donors (Lipinski definition) is 11. The number of nitrogens with zero attached hydrogens (tertiary/aromatic N) is 9. The Morgan fingerprint density at radius 3 is 1.13 bits per heavy atom. The van der Waals surface area contributed by atoms with Crippen LogP contribution in [0.25, 0.3) is 0 Å². The van der Waals surface area contributed by atoms with Gasteiger partial charge in [-0.1, -0.05) is 50.3 Å². The molecule has 0 aromatic carbocycles. The Morgan fingerprint density at radius 2 is 0.829 bits per heavy atom. The molecule has 18 atom stereocenters. The number of hydrogen-bond acceptors (Lipinski definition) is 39. The van der Waals surface area contributed by atoms with E-state index in [1.54, 1.807) is 46.3 Å². The number of H-pyrrole nitrogens is 4. The van der Waals surface area contributed by atoms with Crippen molar-refractivity contribution < 1.29 is 126 Å². The molecule has 0 spiro atoms. The Kier molecular flexibility index (Phi) is 57.1. The monoisotopic (exact) mass is 2250 g/mol. The van der Waals surface area contributed by atoms with Gasteiger partial charge in [0.2, 0.25) is 40.1 Å². The molecule has 4 saturated heterocycles. The summed E-state index contributed by atoms with van der Waals surface area (Å²) < 4.78 is 185. The summed E-state index contributed by atoms with van der Waals surface area (Å²) in [6, 6.07) is 9.74. The number of amides is 2. The molecular formula is C81H143ClIN16O35P2S4-. The zero-order chi connectivity index (χ0) is 107. The smallest absolute Gasteiger partial charge is 0.424 e. The first-order chi connectivity index (χ1) is 64.2. The molecule has 8 heterocycles.